The Morgan fingerprint density at radius 2 is 1.89 bits per heavy atom. The van der Waals surface area contributed by atoms with Gasteiger partial charge < -0.3 is 30.1 Å². The first-order chi connectivity index (χ1) is 18.0. The van der Waals surface area contributed by atoms with Crippen LogP contribution in [0.4, 0.5) is 5.69 Å². The minimum absolute atomic E-state index is 0.0554. The molecule has 210 valence electrons. The first kappa shape index (κ1) is 28.4. The molecular weight excluding hydrogens is 486 g/mol. The first-order valence-corrected chi connectivity index (χ1v) is 14.0. The van der Waals surface area contributed by atoms with Crippen molar-refractivity contribution in [1.29, 1.82) is 0 Å². The number of carbonyl (C=O) groups is 3. The minimum Gasteiger partial charge on any atom is -0.494 e. The van der Waals surface area contributed by atoms with Crippen LogP contribution in [0.1, 0.15) is 60.8 Å². The molecule has 1 aromatic rings. The molecule has 3 N–H and O–H groups in total. The molecule has 3 aliphatic rings. The van der Waals surface area contributed by atoms with Gasteiger partial charge in [-0.2, -0.15) is 0 Å². The Labute approximate surface area is 225 Å². The number of ether oxygens (including phenoxy) is 2. The van der Waals surface area contributed by atoms with E-state index in [-0.39, 0.29) is 36.2 Å². The summed E-state index contributed by atoms with van der Waals surface area (Å²) in [6.45, 7) is 12.5. The Balaban J connectivity index is 1.71. The lowest BCUT2D eigenvalue weighted by molar-refractivity contribution is -0.151. The summed E-state index contributed by atoms with van der Waals surface area (Å²) in [5, 5.41) is 16.3. The summed E-state index contributed by atoms with van der Waals surface area (Å²) in [4.78, 5) is 43.3. The summed E-state index contributed by atoms with van der Waals surface area (Å²) < 4.78 is 12.2. The van der Waals surface area contributed by atoms with E-state index in [4.69, 9.17) is 9.47 Å². The van der Waals surface area contributed by atoms with Crippen molar-refractivity contribution in [3.05, 3.63) is 24.3 Å². The van der Waals surface area contributed by atoms with E-state index < -0.39 is 35.1 Å². The van der Waals surface area contributed by atoms with Gasteiger partial charge in [-0.3, -0.25) is 14.4 Å². The van der Waals surface area contributed by atoms with Crippen LogP contribution in [0.5, 0.6) is 5.75 Å². The fourth-order valence-electron chi connectivity index (χ4n) is 6.86. The van der Waals surface area contributed by atoms with Crippen molar-refractivity contribution in [2.75, 3.05) is 25.1 Å². The van der Waals surface area contributed by atoms with Crippen molar-refractivity contribution in [3.8, 4) is 5.75 Å². The van der Waals surface area contributed by atoms with Crippen LogP contribution in [0, 0.1) is 23.7 Å². The molecule has 4 rings (SSSR count). The lowest BCUT2D eigenvalue weighted by Gasteiger charge is -2.38. The molecule has 0 aliphatic carbocycles. The van der Waals surface area contributed by atoms with Crippen LogP contribution in [0.25, 0.3) is 0 Å². The van der Waals surface area contributed by atoms with E-state index >= 15 is 0 Å². The number of likely N-dealkylation sites (tertiary alicyclic amines) is 1. The van der Waals surface area contributed by atoms with Crippen molar-refractivity contribution in [2.24, 2.45) is 23.7 Å². The van der Waals surface area contributed by atoms with E-state index in [0.29, 0.717) is 31.0 Å². The van der Waals surface area contributed by atoms with E-state index in [2.05, 4.69) is 10.6 Å². The predicted molar refractivity (Wildman–Crippen MR) is 143 cm³/mol. The molecule has 0 radical (unpaired) electrons. The van der Waals surface area contributed by atoms with Crippen LogP contribution in [-0.2, 0) is 19.1 Å². The number of hydrogen-bond acceptors (Lipinski definition) is 6. The molecule has 3 unspecified atom stereocenters. The molecule has 3 saturated heterocycles. The average molecular weight is 530 g/mol. The summed E-state index contributed by atoms with van der Waals surface area (Å²) in [5.74, 6) is -1.93. The van der Waals surface area contributed by atoms with Gasteiger partial charge in [0, 0.05) is 12.2 Å². The Morgan fingerprint density at radius 3 is 2.47 bits per heavy atom. The van der Waals surface area contributed by atoms with Crippen LogP contribution in [-0.4, -0.2) is 70.8 Å². The van der Waals surface area contributed by atoms with Crippen molar-refractivity contribution >= 4 is 23.4 Å². The number of amides is 3. The summed E-state index contributed by atoms with van der Waals surface area (Å²) >= 11 is 0. The molecule has 3 amide bonds. The fraction of sp³-hybridized carbons (Fsp3) is 0.690. The summed E-state index contributed by atoms with van der Waals surface area (Å²) in [6, 6.07) is 5.64. The zero-order valence-electron chi connectivity index (χ0n) is 23.5. The highest BCUT2D eigenvalue weighted by Gasteiger charge is 2.80. The van der Waals surface area contributed by atoms with Gasteiger partial charge in [0.25, 0.3) is 0 Å². The maximum atomic E-state index is 14.2. The monoisotopic (exact) mass is 529 g/mol. The molecule has 0 aromatic heterocycles. The summed E-state index contributed by atoms with van der Waals surface area (Å²) in [7, 11) is 0. The number of aliphatic hydroxyl groups is 1. The van der Waals surface area contributed by atoms with E-state index in [1.807, 2.05) is 41.5 Å². The van der Waals surface area contributed by atoms with Gasteiger partial charge in [-0.15, -0.1) is 0 Å². The van der Waals surface area contributed by atoms with E-state index in [1.165, 1.54) is 4.90 Å². The number of carbonyl (C=O) groups excluding carboxylic acids is 3. The van der Waals surface area contributed by atoms with Crippen LogP contribution < -0.4 is 15.4 Å². The number of anilines is 1. The Morgan fingerprint density at radius 1 is 1.21 bits per heavy atom. The van der Waals surface area contributed by atoms with Gasteiger partial charge in [0.1, 0.15) is 17.4 Å². The van der Waals surface area contributed by atoms with E-state index in [1.54, 1.807) is 24.3 Å². The molecule has 3 fully saturated rings. The lowest BCUT2D eigenvalue weighted by Crippen LogP contribution is -2.59. The third kappa shape index (κ3) is 4.47. The highest BCUT2D eigenvalue weighted by molar-refractivity contribution is 6.02. The van der Waals surface area contributed by atoms with Crippen LogP contribution in [0.2, 0.25) is 0 Å². The van der Waals surface area contributed by atoms with Crippen LogP contribution >= 0.6 is 0 Å². The van der Waals surface area contributed by atoms with Gasteiger partial charge in [0.2, 0.25) is 17.7 Å². The number of rotatable bonds is 11. The predicted octanol–water partition coefficient (Wildman–Crippen LogP) is 2.97. The van der Waals surface area contributed by atoms with Gasteiger partial charge >= 0.3 is 0 Å². The lowest BCUT2D eigenvalue weighted by atomic mass is 9.62. The van der Waals surface area contributed by atoms with Crippen LogP contribution in [0.3, 0.4) is 0 Å². The van der Waals surface area contributed by atoms with E-state index in [0.717, 1.165) is 12.8 Å². The van der Waals surface area contributed by atoms with Crippen LogP contribution in [0.15, 0.2) is 24.3 Å². The maximum Gasteiger partial charge on any atom is 0.245 e. The highest BCUT2D eigenvalue weighted by atomic mass is 16.5. The Bertz CT molecular complexity index is 1050. The maximum absolute atomic E-state index is 14.2. The quantitative estimate of drug-likeness (QED) is 0.380. The molecule has 0 saturated carbocycles. The SMILES string of the molecule is CCCCNC(=O)C1N([C@@H](CO)C(C)C)C(=O)[C@@H]2[C@@H](C(=O)Nc3ccc(OCC)cc3)[C@]3(C)OC12CC3C. The standard InChI is InChI=1S/C29H43N3O6/c1-7-9-14-30-26(35)24-29-15-18(5)28(6,38-29)22(23(29)27(36)32(24)21(16-33)17(3)4)25(34)31-19-10-12-20(13-11-19)37-8-2/h10-13,17-18,21-24,33H,7-9,14-16H2,1-6H3,(H,30,35)(H,31,34)/t18?,21-,22-,23-,24?,28+,29?/m0/s1. The Hall–Kier alpha value is -2.65. The number of nitrogens with one attached hydrogen (secondary N) is 2. The third-order valence-electron chi connectivity index (χ3n) is 8.86. The molecule has 3 aliphatic heterocycles. The molecule has 38 heavy (non-hydrogen) atoms. The summed E-state index contributed by atoms with van der Waals surface area (Å²) in [5.41, 5.74) is -1.45. The van der Waals surface area contributed by atoms with Gasteiger partial charge in [-0.05, 0) is 62.8 Å². The molecule has 9 heteroatoms. The van der Waals surface area contributed by atoms with Gasteiger partial charge in [0.15, 0.2) is 0 Å². The zero-order chi connectivity index (χ0) is 27.8. The first-order valence-electron chi connectivity index (χ1n) is 14.0. The topological polar surface area (TPSA) is 117 Å². The molecular formula is C29H43N3O6. The van der Waals surface area contributed by atoms with Crippen molar-refractivity contribution in [2.45, 2.75) is 84.1 Å². The number of aliphatic hydroxyl groups excluding tert-OH is 1. The fourth-order valence-corrected chi connectivity index (χ4v) is 6.86. The second-order valence-corrected chi connectivity index (χ2v) is 11.5. The Kier molecular flexibility index (Phi) is 8.09. The number of unbranched alkanes of at least 4 members (excludes halogenated alkanes) is 1. The van der Waals surface area contributed by atoms with Crippen molar-refractivity contribution in [1.82, 2.24) is 10.2 Å². The van der Waals surface area contributed by atoms with Gasteiger partial charge in [-0.1, -0.05) is 34.1 Å². The minimum atomic E-state index is -1.13. The van der Waals surface area contributed by atoms with Gasteiger partial charge in [-0.25, -0.2) is 0 Å². The molecule has 7 atom stereocenters. The second kappa shape index (κ2) is 10.8. The number of hydrogen-bond donors (Lipinski definition) is 3. The molecule has 1 aromatic carbocycles. The number of benzene rings is 1. The average Bonchev–Trinajstić information content (AvgIpc) is 3.38. The largest absolute Gasteiger partial charge is 0.494 e. The normalized spacial score (nSPS) is 32.4. The smallest absolute Gasteiger partial charge is 0.245 e. The number of fused-ring (bicyclic) bond motifs is 1. The summed E-state index contributed by atoms with van der Waals surface area (Å²) in [6.07, 6.45) is 2.23. The van der Waals surface area contributed by atoms with E-state index in [9.17, 15) is 19.5 Å². The second-order valence-electron chi connectivity index (χ2n) is 11.5. The molecule has 3 heterocycles. The highest BCUT2D eigenvalue weighted by Crippen LogP contribution is 2.65. The van der Waals surface area contributed by atoms with Crippen molar-refractivity contribution < 1.29 is 29.0 Å². The molecule has 9 nitrogen and oxygen atoms in total. The van der Waals surface area contributed by atoms with Crippen molar-refractivity contribution in [3.63, 3.8) is 0 Å². The molecule has 2 bridgehead atoms. The van der Waals surface area contributed by atoms with Gasteiger partial charge in [0.05, 0.1) is 36.7 Å². The third-order valence-corrected chi connectivity index (χ3v) is 8.86. The zero-order valence-corrected chi connectivity index (χ0v) is 23.5. The number of nitrogens with zero attached hydrogens (tertiary/aromatic N) is 1. The molecule has 1 spiro atoms.